The lowest BCUT2D eigenvalue weighted by atomic mass is 9.90. The minimum absolute atomic E-state index is 0.226. The molecule has 0 unspecified atom stereocenters. The maximum Gasteiger partial charge on any atom is 0.246 e. The van der Waals surface area contributed by atoms with Gasteiger partial charge in [0.05, 0.1) is 5.92 Å². The van der Waals surface area contributed by atoms with Gasteiger partial charge in [-0.25, -0.2) is 0 Å². The van der Waals surface area contributed by atoms with E-state index in [9.17, 15) is 9.59 Å². The molecule has 3 aromatic rings. The third-order valence-electron chi connectivity index (χ3n) is 4.39. The molecule has 0 radical (unpaired) electrons. The first-order valence-corrected chi connectivity index (χ1v) is 9.39. The van der Waals surface area contributed by atoms with E-state index in [0.29, 0.717) is 10.7 Å². The number of benzene rings is 3. The van der Waals surface area contributed by atoms with E-state index in [2.05, 4.69) is 10.6 Å². The average Bonchev–Trinajstić information content (AvgIpc) is 2.71. The summed E-state index contributed by atoms with van der Waals surface area (Å²) in [6, 6.07) is 25.2. The molecule has 2 N–H and O–H groups in total. The Bertz CT molecular complexity index is 888. The summed E-state index contributed by atoms with van der Waals surface area (Å²) in [5, 5.41) is 6.20. The van der Waals surface area contributed by atoms with Gasteiger partial charge in [0.25, 0.3) is 0 Å². The SMILES string of the molecule is C[C@@H](NC(=O)C(c1ccccc1)c1ccccc1)C(=O)Nc1ccc(Cl)cc1. The summed E-state index contributed by atoms with van der Waals surface area (Å²) in [5.41, 5.74) is 2.37. The number of hydrogen-bond acceptors (Lipinski definition) is 2. The Morgan fingerprint density at radius 3 is 1.75 bits per heavy atom. The van der Waals surface area contributed by atoms with Crippen molar-refractivity contribution in [1.82, 2.24) is 5.32 Å². The lowest BCUT2D eigenvalue weighted by molar-refractivity contribution is -0.126. The minimum Gasteiger partial charge on any atom is -0.344 e. The fraction of sp³-hybridized carbons (Fsp3) is 0.130. The molecule has 28 heavy (non-hydrogen) atoms. The lowest BCUT2D eigenvalue weighted by Gasteiger charge is -2.21. The van der Waals surface area contributed by atoms with Crippen LogP contribution in [0.4, 0.5) is 5.69 Å². The van der Waals surface area contributed by atoms with Crippen LogP contribution in [-0.2, 0) is 9.59 Å². The van der Waals surface area contributed by atoms with E-state index in [-0.39, 0.29) is 11.8 Å². The van der Waals surface area contributed by atoms with Gasteiger partial charge in [-0.3, -0.25) is 9.59 Å². The van der Waals surface area contributed by atoms with Gasteiger partial charge in [-0.1, -0.05) is 72.3 Å². The average molecular weight is 393 g/mol. The molecule has 142 valence electrons. The Hall–Kier alpha value is -3.11. The zero-order valence-corrected chi connectivity index (χ0v) is 16.2. The molecule has 0 aliphatic heterocycles. The largest absolute Gasteiger partial charge is 0.344 e. The predicted octanol–water partition coefficient (Wildman–Crippen LogP) is 4.62. The maximum atomic E-state index is 13.0. The molecule has 1 atom stereocenters. The summed E-state index contributed by atoms with van der Waals surface area (Å²) in [6.45, 7) is 1.66. The van der Waals surface area contributed by atoms with Gasteiger partial charge in [0.15, 0.2) is 0 Å². The van der Waals surface area contributed by atoms with Crippen molar-refractivity contribution in [3.63, 3.8) is 0 Å². The van der Waals surface area contributed by atoms with E-state index in [1.54, 1.807) is 31.2 Å². The standard InChI is InChI=1S/C23H21ClN2O2/c1-16(22(27)26-20-14-12-19(24)13-15-20)25-23(28)21(17-8-4-2-5-9-17)18-10-6-3-7-11-18/h2-16,21H,1H3,(H,25,28)(H,26,27)/t16-/m1/s1. The normalized spacial score (nSPS) is 11.7. The number of hydrogen-bond donors (Lipinski definition) is 2. The van der Waals surface area contributed by atoms with Gasteiger partial charge in [-0.15, -0.1) is 0 Å². The van der Waals surface area contributed by atoms with Crippen LogP contribution in [-0.4, -0.2) is 17.9 Å². The van der Waals surface area contributed by atoms with Gasteiger partial charge in [-0.05, 0) is 42.3 Å². The van der Waals surface area contributed by atoms with E-state index in [1.165, 1.54) is 0 Å². The lowest BCUT2D eigenvalue weighted by Crippen LogP contribution is -2.43. The van der Waals surface area contributed by atoms with Crippen LogP contribution in [0.3, 0.4) is 0 Å². The van der Waals surface area contributed by atoms with Crippen LogP contribution in [0.5, 0.6) is 0 Å². The summed E-state index contributed by atoms with van der Waals surface area (Å²) < 4.78 is 0. The van der Waals surface area contributed by atoms with Crippen molar-refractivity contribution in [3.05, 3.63) is 101 Å². The highest BCUT2D eigenvalue weighted by molar-refractivity contribution is 6.30. The van der Waals surface area contributed by atoms with Crippen molar-refractivity contribution >= 4 is 29.1 Å². The monoisotopic (exact) mass is 392 g/mol. The van der Waals surface area contributed by atoms with E-state index in [0.717, 1.165) is 11.1 Å². The zero-order valence-electron chi connectivity index (χ0n) is 15.4. The predicted molar refractivity (Wildman–Crippen MR) is 112 cm³/mol. The molecule has 0 saturated carbocycles. The molecular weight excluding hydrogens is 372 g/mol. The molecular formula is C23H21ClN2O2. The molecule has 0 aromatic heterocycles. The number of amides is 2. The Balaban J connectivity index is 1.74. The van der Waals surface area contributed by atoms with Crippen LogP contribution < -0.4 is 10.6 Å². The molecule has 0 heterocycles. The highest BCUT2D eigenvalue weighted by atomic mass is 35.5. The number of rotatable bonds is 6. The van der Waals surface area contributed by atoms with Crippen molar-refractivity contribution < 1.29 is 9.59 Å². The molecule has 2 amide bonds. The van der Waals surface area contributed by atoms with Gasteiger partial charge in [0.1, 0.15) is 6.04 Å². The van der Waals surface area contributed by atoms with E-state index in [1.807, 2.05) is 60.7 Å². The molecule has 0 spiro atoms. The zero-order chi connectivity index (χ0) is 19.9. The van der Waals surface area contributed by atoms with Gasteiger partial charge in [-0.2, -0.15) is 0 Å². The molecule has 5 heteroatoms. The first-order valence-electron chi connectivity index (χ1n) is 9.01. The highest BCUT2D eigenvalue weighted by Crippen LogP contribution is 2.25. The van der Waals surface area contributed by atoms with Crippen LogP contribution >= 0.6 is 11.6 Å². The van der Waals surface area contributed by atoms with E-state index in [4.69, 9.17) is 11.6 Å². The third kappa shape index (κ3) is 4.99. The van der Waals surface area contributed by atoms with Crippen LogP contribution in [0.25, 0.3) is 0 Å². The highest BCUT2D eigenvalue weighted by Gasteiger charge is 2.25. The van der Waals surface area contributed by atoms with Crippen LogP contribution in [0.2, 0.25) is 5.02 Å². The second-order valence-corrected chi connectivity index (χ2v) is 6.92. The van der Waals surface area contributed by atoms with Crippen LogP contribution in [0.15, 0.2) is 84.9 Å². The van der Waals surface area contributed by atoms with Crippen molar-refractivity contribution in [3.8, 4) is 0 Å². The molecule has 0 aliphatic carbocycles. The number of halogens is 1. The topological polar surface area (TPSA) is 58.2 Å². The molecule has 0 bridgehead atoms. The molecule has 4 nitrogen and oxygen atoms in total. The Labute approximate surface area is 169 Å². The fourth-order valence-corrected chi connectivity index (χ4v) is 3.06. The summed E-state index contributed by atoms with van der Waals surface area (Å²) in [6.07, 6.45) is 0. The summed E-state index contributed by atoms with van der Waals surface area (Å²) in [4.78, 5) is 25.5. The molecule has 3 aromatic carbocycles. The summed E-state index contributed by atoms with van der Waals surface area (Å²) >= 11 is 5.86. The summed E-state index contributed by atoms with van der Waals surface area (Å²) in [7, 11) is 0. The van der Waals surface area contributed by atoms with Crippen molar-refractivity contribution in [2.24, 2.45) is 0 Å². The van der Waals surface area contributed by atoms with Gasteiger partial charge in [0, 0.05) is 10.7 Å². The molecule has 0 saturated heterocycles. The fourth-order valence-electron chi connectivity index (χ4n) is 2.93. The first kappa shape index (κ1) is 19.6. The number of nitrogens with one attached hydrogen (secondary N) is 2. The van der Waals surface area contributed by atoms with E-state index < -0.39 is 12.0 Å². The van der Waals surface area contributed by atoms with Gasteiger partial charge >= 0.3 is 0 Å². The van der Waals surface area contributed by atoms with Crippen molar-refractivity contribution in [1.29, 1.82) is 0 Å². The minimum atomic E-state index is -0.696. The van der Waals surface area contributed by atoms with Gasteiger partial charge < -0.3 is 10.6 Å². The van der Waals surface area contributed by atoms with Crippen LogP contribution in [0.1, 0.15) is 24.0 Å². The second kappa shape index (κ2) is 9.20. The van der Waals surface area contributed by atoms with Gasteiger partial charge in [0.2, 0.25) is 11.8 Å². The molecule has 0 aliphatic rings. The Morgan fingerprint density at radius 2 is 1.25 bits per heavy atom. The number of carbonyl (C=O) groups excluding carboxylic acids is 2. The smallest absolute Gasteiger partial charge is 0.246 e. The quantitative estimate of drug-likeness (QED) is 0.643. The van der Waals surface area contributed by atoms with Crippen LogP contribution in [0, 0.1) is 0 Å². The first-order chi connectivity index (χ1) is 13.5. The number of anilines is 1. The van der Waals surface area contributed by atoms with Crippen molar-refractivity contribution in [2.45, 2.75) is 18.9 Å². The number of carbonyl (C=O) groups is 2. The van der Waals surface area contributed by atoms with Crippen molar-refractivity contribution in [2.75, 3.05) is 5.32 Å². The molecule has 3 rings (SSSR count). The van der Waals surface area contributed by atoms with E-state index >= 15 is 0 Å². The second-order valence-electron chi connectivity index (χ2n) is 6.48. The maximum absolute atomic E-state index is 13.0. The Morgan fingerprint density at radius 1 is 0.750 bits per heavy atom. The molecule has 0 fully saturated rings. The Kier molecular flexibility index (Phi) is 6.45. The summed E-state index contributed by atoms with van der Waals surface area (Å²) in [5.74, 6) is -1.01. The third-order valence-corrected chi connectivity index (χ3v) is 4.64.